The van der Waals surface area contributed by atoms with Crippen molar-refractivity contribution in [2.75, 3.05) is 20.6 Å². The minimum Gasteiger partial charge on any atom is -0.381 e. The fourth-order valence-corrected chi connectivity index (χ4v) is 2.12. The lowest BCUT2D eigenvalue weighted by atomic mass is 10.3. The molecule has 0 aliphatic rings. The van der Waals surface area contributed by atoms with Crippen LogP contribution in [-0.4, -0.2) is 35.6 Å². The Bertz CT molecular complexity index is 337. The summed E-state index contributed by atoms with van der Waals surface area (Å²) in [5, 5.41) is 9.82. The van der Waals surface area contributed by atoms with E-state index in [4.69, 9.17) is 9.84 Å². The molecule has 4 nitrogen and oxygen atoms in total. The van der Waals surface area contributed by atoms with Gasteiger partial charge in [-0.15, -0.1) is 0 Å². The van der Waals surface area contributed by atoms with E-state index >= 15 is 0 Å². The lowest BCUT2D eigenvalue weighted by molar-refractivity contribution is -0.000925. The van der Waals surface area contributed by atoms with Gasteiger partial charge < -0.3 is 9.84 Å². The molecule has 0 bridgehead atoms. The average molecular weight is 354 g/mol. The Morgan fingerprint density at radius 1 is 1.44 bits per heavy atom. The van der Waals surface area contributed by atoms with E-state index in [1.807, 2.05) is 12.1 Å². The molecule has 0 unspecified atom stereocenters. The fraction of sp³-hybridized carbons (Fsp3) is 0.500. The summed E-state index contributed by atoms with van der Waals surface area (Å²) in [7, 11) is 1.60. The molecule has 0 aromatic carbocycles. The molecule has 0 spiro atoms. The van der Waals surface area contributed by atoms with Gasteiger partial charge in [0.1, 0.15) is 6.73 Å². The van der Waals surface area contributed by atoms with Crippen molar-refractivity contribution in [1.29, 1.82) is 0 Å². The van der Waals surface area contributed by atoms with E-state index in [0.717, 1.165) is 15.9 Å². The molecular formula is C10H14Br2N2O2. The van der Waals surface area contributed by atoms with Gasteiger partial charge in [0.15, 0.2) is 0 Å². The van der Waals surface area contributed by atoms with Gasteiger partial charge in [0.2, 0.25) is 0 Å². The third-order valence-electron chi connectivity index (χ3n) is 1.93. The van der Waals surface area contributed by atoms with E-state index in [1.165, 1.54) is 0 Å². The summed E-state index contributed by atoms with van der Waals surface area (Å²) in [6.07, 6.45) is 0. The first-order valence-corrected chi connectivity index (χ1v) is 6.64. The molecule has 1 heterocycles. The summed E-state index contributed by atoms with van der Waals surface area (Å²) in [6.45, 7) is 0.893. The Hall–Kier alpha value is -0.0100. The van der Waals surface area contributed by atoms with Crippen LogP contribution in [0.15, 0.2) is 16.6 Å². The van der Waals surface area contributed by atoms with Gasteiger partial charge in [0.05, 0.1) is 18.1 Å². The summed E-state index contributed by atoms with van der Waals surface area (Å²) >= 11 is 6.80. The first-order valence-electron chi connectivity index (χ1n) is 4.73. The SMILES string of the molecule is COCN(CO)Cc1cc(Br)cc(CBr)n1. The Labute approximate surface area is 112 Å². The van der Waals surface area contributed by atoms with E-state index < -0.39 is 0 Å². The first kappa shape index (κ1) is 14.1. The smallest absolute Gasteiger partial charge is 0.101 e. The Morgan fingerprint density at radius 2 is 2.12 bits per heavy atom. The monoisotopic (exact) mass is 352 g/mol. The summed E-state index contributed by atoms with van der Waals surface area (Å²) in [5.41, 5.74) is 1.86. The molecule has 0 atom stereocenters. The standard InChI is InChI=1S/C10H14Br2N2O2/c1-16-7-14(6-15)5-10-3-8(12)2-9(4-11)13-10/h2-3,15H,4-7H2,1H3. The predicted octanol–water partition coefficient (Wildman–Crippen LogP) is 2.09. The largest absolute Gasteiger partial charge is 0.381 e. The van der Waals surface area contributed by atoms with Crippen molar-refractivity contribution in [2.24, 2.45) is 0 Å². The summed E-state index contributed by atoms with van der Waals surface area (Å²) in [6, 6.07) is 3.89. The van der Waals surface area contributed by atoms with Crippen LogP contribution in [0.5, 0.6) is 0 Å². The third-order valence-corrected chi connectivity index (χ3v) is 2.96. The highest BCUT2D eigenvalue weighted by atomic mass is 79.9. The molecule has 0 fully saturated rings. The molecular weight excluding hydrogens is 340 g/mol. The van der Waals surface area contributed by atoms with Crippen LogP contribution in [0.1, 0.15) is 11.4 Å². The number of rotatable bonds is 6. The molecule has 1 aromatic rings. The highest BCUT2D eigenvalue weighted by Crippen LogP contribution is 2.15. The van der Waals surface area contributed by atoms with Gasteiger partial charge in [-0.25, -0.2) is 0 Å². The second-order valence-electron chi connectivity index (χ2n) is 3.29. The molecule has 1 N–H and O–H groups in total. The highest BCUT2D eigenvalue weighted by molar-refractivity contribution is 9.10. The second kappa shape index (κ2) is 7.34. The minimum absolute atomic E-state index is 0.0499. The number of ether oxygens (including phenoxy) is 1. The van der Waals surface area contributed by atoms with E-state index in [-0.39, 0.29) is 6.73 Å². The van der Waals surface area contributed by atoms with Crippen LogP contribution in [0, 0.1) is 0 Å². The minimum atomic E-state index is -0.0499. The average Bonchev–Trinajstić information content (AvgIpc) is 2.27. The van der Waals surface area contributed by atoms with Gasteiger partial charge in [-0.05, 0) is 12.1 Å². The molecule has 1 rings (SSSR count). The van der Waals surface area contributed by atoms with Crippen molar-refractivity contribution in [3.8, 4) is 0 Å². The van der Waals surface area contributed by atoms with Gasteiger partial charge in [0, 0.05) is 23.5 Å². The normalized spacial score (nSPS) is 11.1. The third kappa shape index (κ3) is 4.47. The van der Waals surface area contributed by atoms with Gasteiger partial charge >= 0.3 is 0 Å². The van der Waals surface area contributed by atoms with Crippen LogP contribution < -0.4 is 0 Å². The van der Waals surface area contributed by atoms with Gasteiger partial charge in [-0.1, -0.05) is 31.9 Å². The maximum atomic E-state index is 9.11. The molecule has 90 valence electrons. The van der Waals surface area contributed by atoms with Gasteiger partial charge in [0.25, 0.3) is 0 Å². The number of aromatic nitrogens is 1. The van der Waals surface area contributed by atoms with Crippen molar-refractivity contribution < 1.29 is 9.84 Å². The maximum absolute atomic E-state index is 9.11. The zero-order valence-corrected chi connectivity index (χ0v) is 12.2. The van der Waals surface area contributed by atoms with Crippen molar-refractivity contribution in [1.82, 2.24) is 9.88 Å². The molecule has 0 radical (unpaired) electrons. The lowest BCUT2D eigenvalue weighted by Crippen LogP contribution is -2.26. The topological polar surface area (TPSA) is 45.6 Å². The van der Waals surface area contributed by atoms with Gasteiger partial charge in [-0.2, -0.15) is 0 Å². The Kier molecular flexibility index (Phi) is 6.45. The van der Waals surface area contributed by atoms with E-state index in [0.29, 0.717) is 18.6 Å². The van der Waals surface area contributed by atoms with Crippen molar-refractivity contribution >= 4 is 31.9 Å². The van der Waals surface area contributed by atoms with Crippen LogP contribution in [0.3, 0.4) is 0 Å². The summed E-state index contributed by atoms with van der Waals surface area (Å²) in [4.78, 5) is 6.18. The second-order valence-corrected chi connectivity index (χ2v) is 4.77. The number of hydrogen-bond acceptors (Lipinski definition) is 4. The van der Waals surface area contributed by atoms with Crippen LogP contribution >= 0.6 is 31.9 Å². The fourth-order valence-electron chi connectivity index (χ4n) is 1.31. The van der Waals surface area contributed by atoms with Crippen LogP contribution in [0.2, 0.25) is 0 Å². The molecule has 0 aliphatic heterocycles. The molecule has 6 heteroatoms. The Balaban J connectivity index is 2.74. The van der Waals surface area contributed by atoms with E-state index in [1.54, 1.807) is 12.0 Å². The molecule has 1 aromatic heterocycles. The number of pyridine rings is 1. The van der Waals surface area contributed by atoms with Crippen LogP contribution in [0.25, 0.3) is 0 Å². The molecule has 0 amide bonds. The van der Waals surface area contributed by atoms with Crippen molar-refractivity contribution in [3.05, 3.63) is 28.0 Å². The number of aliphatic hydroxyl groups excluding tert-OH is 1. The number of nitrogens with zero attached hydrogens (tertiary/aromatic N) is 2. The number of halogens is 2. The maximum Gasteiger partial charge on any atom is 0.101 e. The number of hydrogen-bond donors (Lipinski definition) is 1. The Morgan fingerprint density at radius 3 is 2.69 bits per heavy atom. The van der Waals surface area contributed by atoms with Crippen LogP contribution in [0.4, 0.5) is 0 Å². The number of methoxy groups -OCH3 is 1. The molecule has 0 saturated heterocycles. The first-order chi connectivity index (χ1) is 7.69. The number of alkyl halides is 1. The van der Waals surface area contributed by atoms with Crippen molar-refractivity contribution in [3.63, 3.8) is 0 Å². The molecule has 16 heavy (non-hydrogen) atoms. The summed E-state index contributed by atoms with van der Waals surface area (Å²) < 4.78 is 5.96. The van der Waals surface area contributed by atoms with Crippen molar-refractivity contribution in [2.45, 2.75) is 11.9 Å². The highest BCUT2D eigenvalue weighted by Gasteiger charge is 2.07. The lowest BCUT2D eigenvalue weighted by Gasteiger charge is -2.18. The zero-order chi connectivity index (χ0) is 12.0. The summed E-state index contributed by atoms with van der Waals surface area (Å²) in [5.74, 6) is 0. The van der Waals surface area contributed by atoms with Crippen LogP contribution in [-0.2, 0) is 16.6 Å². The quantitative estimate of drug-likeness (QED) is 0.628. The van der Waals surface area contributed by atoms with E-state index in [2.05, 4.69) is 36.8 Å². The molecule has 0 saturated carbocycles. The zero-order valence-electron chi connectivity index (χ0n) is 8.99. The number of aliphatic hydroxyl groups is 1. The predicted molar refractivity (Wildman–Crippen MR) is 69.1 cm³/mol. The van der Waals surface area contributed by atoms with E-state index in [9.17, 15) is 0 Å². The molecule has 0 aliphatic carbocycles. The van der Waals surface area contributed by atoms with Gasteiger partial charge in [-0.3, -0.25) is 9.88 Å².